The predicted octanol–water partition coefficient (Wildman–Crippen LogP) is 6.23. The lowest BCUT2D eigenvalue weighted by Gasteiger charge is -2.38. The fourth-order valence-electron chi connectivity index (χ4n) is 3.70. The van der Waals surface area contributed by atoms with Gasteiger partial charge in [0.25, 0.3) is 0 Å². The summed E-state index contributed by atoms with van der Waals surface area (Å²) < 4.78 is 0.979. The number of rotatable bonds is 5. The summed E-state index contributed by atoms with van der Waals surface area (Å²) in [5.74, 6) is 0.343. The van der Waals surface area contributed by atoms with E-state index < -0.39 is 7.26 Å². The van der Waals surface area contributed by atoms with Crippen molar-refractivity contribution in [3.63, 3.8) is 0 Å². The minimum atomic E-state index is -2.00. The van der Waals surface area contributed by atoms with Gasteiger partial charge in [-0.25, -0.2) is 0 Å². The predicted molar refractivity (Wildman–Crippen MR) is 135 cm³/mol. The molecule has 0 atom stereocenters. The van der Waals surface area contributed by atoms with Crippen LogP contribution in [0.5, 0.6) is 5.75 Å². The summed E-state index contributed by atoms with van der Waals surface area (Å²) in [6, 6.07) is 37.9. The molecular formula is C25H22Br2OP. The summed E-state index contributed by atoms with van der Waals surface area (Å²) in [5.41, 5.74) is 0.958. The van der Waals surface area contributed by atoms with E-state index >= 15 is 0 Å². The third-order valence-electron chi connectivity index (χ3n) is 5.04. The smallest absolute Gasteiger partial charge is 0.119 e. The highest BCUT2D eigenvalue weighted by molar-refractivity contribution is 9.10. The van der Waals surface area contributed by atoms with Gasteiger partial charge in [0.2, 0.25) is 0 Å². The van der Waals surface area contributed by atoms with E-state index in [1.807, 2.05) is 12.1 Å². The van der Waals surface area contributed by atoms with Crippen molar-refractivity contribution in [2.75, 3.05) is 0 Å². The molecule has 147 valence electrons. The molecule has 0 saturated heterocycles. The van der Waals surface area contributed by atoms with Gasteiger partial charge in [0.15, 0.2) is 0 Å². The lowest BCUT2D eigenvalue weighted by atomic mass is 10.2. The molecule has 0 saturated carbocycles. The second-order valence-corrected chi connectivity index (χ2v) is 11.1. The van der Waals surface area contributed by atoms with Gasteiger partial charge in [-0.05, 0) is 46.9 Å². The summed E-state index contributed by atoms with van der Waals surface area (Å²) in [5, 5.41) is 14.6. The lowest BCUT2D eigenvalue weighted by Crippen LogP contribution is -2.32. The molecule has 0 aliphatic rings. The number of halogens is 2. The van der Waals surface area contributed by atoms with Crippen molar-refractivity contribution in [1.82, 2.24) is 0 Å². The van der Waals surface area contributed by atoms with Crippen LogP contribution in [-0.2, 0) is 6.16 Å². The van der Waals surface area contributed by atoms with Crippen molar-refractivity contribution in [3.8, 4) is 5.75 Å². The van der Waals surface area contributed by atoms with E-state index in [9.17, 15) is 5.11 Å². The van der Waals surface area contributed by atoms with Crippen LogP contribution in [0.4, 0.5) is 0 Å². The topological polar surface area (TPSA) is 20.2 Å². The number of phenolic OH excluding ortho intramolecular Hbond substituents is 1. The Morgan fingerprint density at radius 3 is 1.45 bits per heavy atom. The molecule has 0 spiro atoms. The maximum atomic E-state index is 10.6. The Kier molecular flexibility index (Phi) is 7.29. The molecule has 0 amide bonds. The molecule has 29 heavy (non-hydrogen) atoms. The molecule has 0 aliphatic carbocycles. The monoisotopic (exact) mass is 527 g/mol. The highest BCUT2D eigenvalue weighted by atomic mass is 79.9. The lowest BCUT2D eigenvalue weighted by molar-refractivity contribution is 0.470. The fourth-order valence-corrected chi connectivity index (χ4v) is 8.36. The van der Waals surface area contributed by atoms with Gasteiger partial charge < -0.3 is 5.11 Å². The van der Waals surface area contributed by atoms with Crippen LogP contribution in [0.3, 0.4) is 0 Å². The van der Waals surface area contributed by atoms with Crippen LogP contribution < -0.4 is 15.9 Å². The van der Waals surface area contributed by atoms with Gasteiger partial charge in [0.05, 0.1) is 0 Å². The first-order valence-corrected chi connectivity index (χ1v) is 12.0. The summed E-state index contributed by atoms with van der Waals surface area (Å²) >= 11 is 3.57. The van der Waals surface area contributed by atoms with E-state index in [4.69, 9.17) is 0 Å². The summed E-state index contributed by atoms with van der Waals surface area (Å²) in [4.78, 5) is 0. The van der Waals surface area contributed by atoms with Crippen LogP contribution in [0.25, 0.3) is 0 Å². The summed E-state index contributed by atoms with van der Waals surface area (Å²) in [7, 11) is -2.00. The van der Waals surface area contributed by atoms with Crippen LogP contribution in [0.1, 0.15) is 5.56 Å². The first kappa shape index (κ1) is 21.8. The average Bonchev–Trinajstić information content (AvgIpc) is 2.76. The Labute approximate surface area is 191 Å². The van der Waals surface area contributed by atoms with Crippen LogP contribution in [-0.4, -0.2) is 5.11 Å². The van der Waals surface area contributed by atoms with Crippen LogP contribution in [0.2, 0.25) is 0 Å². The zero-order chi connectivity index (χ0) is 19.4. The van der Waals surface area contributed by atoms with Gasteiger partial charge in [-0.1, -0.05) is 107 Å². The van der Waals surface area contributed by atoms with E-state index in [2.05, 4.69) is 107 Å². The minimum Gasteiger partial charge on any atom is -0.508 e. The number of aromatic hydroxyl groups is 1. The van der Waals surface area contributed by atoms with Gasteiger partial charge in [-0.2, -0.15) is 0 Å². The van der Waals surface area contributed by atoms with E-state index in [-0.39, 0.29) is 17.0 Å². The first-order valence-electron chi connectivity index (χ1n) is 9.22. The molecule has 1 radical (unpaired) electrons. The van der Waals surface area contributed by atoms with Crippen LogP contribution >= 0.6 is 40.2 Å². The number of benzene rings is 4. The second-order valence-electron chi connectivity index (χ2n) is 6.75. The SMILES string of the molecule is Br.Oc1ccc(Br)cc1C[P](c1ccccc1)(c1ccccc1)c1ccccc1. The number of hydrogen-bond acceptors (Lipinski definition) is 1. The Hall–Kier alpha value is -1.93. The molecule has 1 nitrogen and oxygen atoms in total. The molecule has 4 aromatic carbocycles. The molecule has 0 heterocycles. The average molecular weight is 529 g/mol. The maximum Gasteiger partial charge on any atom is 0.119 e. The van der Waals surface area contributed by atoms with Crippen molar-refractivity contribution < 1.29 is 5.11 Å². The largest absolute Gasteiger partial charge is 0.508 e. The van der Waals surface area contributed by atoms with E-state index in [0.29, 0.717) is 5.75 Å². The molecule has 4 aromatic rings. The second kappa shape index (κ2) is 9.71. The van der Waals surface area contributed by atoms with Crippen molar-refractivity contribution in [3.05, 3.63) is 119 Å². The van der Waals surface area contributed by atoms with Crippen LogP contribution in [0, 0.1) is 0 Å². The van der Waals surface area contributed by atoms with Crippen molar-refractivity contribution in [1.29, 1.82) is 0 Å². The molecule has 0 aliphatic heterocycles. The molecule has 4 heteroatoms. The van der Waals surface area contributed by atoms with Gasteiger partial charge in [-0.3, -0.25) is 0 Å². The molecule has 4 rings (SSSR count). The zero-order valence-electron chi connectivity index (χ0n) is 15.8. The van der Waals surface area contributed by atoms with Crippen molar-refractivity contribution in [2.24, 2.45) is 0 Å². The fraction of sp³-hybridized carbons (Fsp3) is 0.0400. The van der Waals surface area contributed by atoms with E-state index in [1.165, 1.54) is 15.9 Å². The van der Waals surface area contributed by atoms with Crippen LogP contribution in [0.15, 0.2) is 114 Å². The van der Waals surface area contributed by atoms with Gasteiger partial charge in [0, 0.05) is 10.6 Å². The van der Waals surface area contributed by atoms with E-state index in [0.717, 1.165) is 16.2 Å². The first-order chi connectivity index (χ1) is 13.7. The summed E-state index contributed by atoms with van der Waals surface area (Å²) in [6.45, 7) is 0. The highest BCUT2D eigenvalue weighted by Crippen LogP contribution is 2.59. The zero-order valence-corrected chi connectivity index (χ0v) is 20.0. The standard InChI is InChI=1S/C25H21BrOP.BrH/c26-21-16-17-25(27)20(18-21)19-28(22-10-4-1-5-11-22,23-12-6-2-7-13-23)24-14-8-3-9-15-24;/h1-18,27H,19H2;1H. The third-order valence-corrected chi connectivity index (χ3v) is 9.89. The van der Waals surface area contributed by atoms with Gasteiger partial charge in [-0.15, -0.1) is 17.0 Å². The Bertz CT molecular complexity index is 957. The number of hydrogen-bond donors (Lipinski definition) is 1. The maximum absolute atomic E-state index is 10.6. The molecule has 0 fully saturated rings. The molecular weight excluding hydrogens is 507 g/mol. The van der Waals surface area contributed by atoms with Crippen molar-refractivity contribution in [2.45, 2.75) is 6.16 Å². The van der Waals surface area contributed by atoms with Gasteiger partial charge >= 0.3 is 0 Å². The molecule has 0 aromatic heterocycles. The van der Waals surface area contributed by atoms with E-state index in [1.54, 1.807) is 6.07 Å². The Balaban J connectivity index is 0.00000240. The quantitative estimate of drug-likeness (QED) is 0.304. The number of phenols is 1. The minimum absolute atomic E-state index is 0. The normalized spacial score (nSPS) is 10.9. The Morgan fingerprint density at radius 2 is 1.03 bits per heavy atom. The van der Waals surface area contributed by atoms with Crippen molar-refractivity contribution >= 4 is 56.1 Å². The van der Waals surface area contributed by atoms with Gasteiger partial charge in [0.1, 0.15) is 5.75 Å². The third kappa shape index (κ3) is 4.48. The molecule has 0 unspecified atom stereocenters. The molecule has 1 N–H and O–H groups in total. The molecule has 0 bridgehead atoms. The summed E-state index contributed by atoms with van der Waals surface area (Å²) in [6.07, 6.45) is 0.760. The highest BCUT2D eigenvalue weighted by Gasteiger charge is 2.34. The Morgan fingerprint density at radius 1 is 0.621 bits per heavy atom.